The van der Waals surface area contributed by atoms with E-state index in [4.69, 9.17) is 18.5 Å². The molecule has 10 heteroatoms. The summed E-state index contributed by atoms with van der Waals surface area (Å²) in [5.41, 5.74) is 0. The van der Waals surface area contributed by atoms with E-state index in [0.29, 0.717) is 17.4 Å². The third-order valence-corrected chi connectivity index (χ3v) is 14.4. The summed E-state index contributed by atoms with van der Waals surface area (Å²) in [7, 11) is 1.15. The van der Waals surface area contributed by atoms with E-state index >= 15 is 0 Å². The van der Waals surface area contributed by atoms with Gasteiger partial charge in [-0.15, -0.1) is 0 Å². The Bertz CT molecular complexity index is 1760. The van der Waals surface area contributed by atoms with Gasteiger partial charge in [-0.05, 0) is 109 Å². The van der Waals surface area contributed by atoms with E-state index in [-0.39, 0.29) is 32.0 Å². The predicted molar refractivity (Wildman–Crippen MR) is 341 cm³/mol. The fourth-order valence-electron chi connectivity index (χ4n) is 8.53. The summed E-state index contributed by atoms with van der Waals surface area (Å²) in [6.45, 7) is 4.11. The monoisotopic (exact) mass is 1130 g/mol. The normalized spacial score (nSPS) is 14.0. The Morgan fingerprint density at radius 2 is 0.713 bits per heavy atom. The first kappa shape index (κ1) is 76.4. The van der Waals surface area contributed by atoms with E-state index in [1.807, 2.05) is 21.1 Å². The van der Waals surface area contributed by atoms with Crippen LogP contribution in [0.1, 0.15) is 258 Å². The molecule has 2 unspecified atom stereocenters. The maximum absolute atomic E-state index is 12.8. The Morgan fingerprint density at radius 1 is 0.400 bits per heavy atom. The second-order valence-electron chi connectivity index (χ2n) is 22.4. The average Bonchev–Trinajstić information content (AvgIpc) is 3.42. The van der Waals surface area contributed by atoms with Crippen molar-refractivity contribution in [3.8, 4) is 0 Å². The van der Waals surface area contributed by atoms with E-state index < -0.39 is 26.5 Å². The molecule has 0 aliphatic heterocycles. The molecule has 0 spiro atoms. The quantitative estimate of drug-likeness (QED) is 0.0195. The number of allylic oxidation sites excluding steroid dienone is 20. The second-order valence-corrected chi connectivity index (χ2v) is 23.8. The molecule has 458 valence electrons. The van der Waals surface area contributed by atoms with Crippen molar-refractivity contribution in [2.24, 2.45) is 0 Å². The van der Waals surface area contributed by atoms with Crippen LogP contribution in [-0.2, 0) is 32.7 Å². The molecule has 0 saturated heterocycles. The molecule has 9 nitrogen and oxygen atoms in total. The lowest BCUT2D eigenvalue weighted by atomic mass is 10.0. The molecule has 0 amide bonds. The van der Waals surface area contributed by atoms with Crippen LogP contribution in [0.15, 0.2) is 122 Å². The molecule has 0 bridgehead atoms. The van der Waals surface area contributed by atoms with Crippen molar-refractivity contribution in [3.63, 3.8) is 0 Å². The van der Waals surface area contributed by atoms with Crippen molar-refractivity contribution in [1.29, 1.82) is 0 Å². The van der Waals surface area contributed by atoms with E-state index in [9.17, 15) is 19.0 Å². The van der Waals surface area contributed by atoms with Crippen LogP contribution in [0.4, 0.5) is 0 Å². The van der Waals surface area contributed by atoms with Crippen molar-refractivity contribution < 1.29 is 42.1 Å². The van der Waals surface area contributed by atoms with Gasteiger partial charge in [-0.2, -0.15) is 0 Å². The number of quaternary nitrogens is 1. The number of phosphoric ester groups is 1. The number of rotatable bonds is 58. The summed E-state index contributed by atoms with van der Waals surface area (Å²) in [6, 6.07) is 0. The number of esters is 2. The number of nitrogens with zero attached hydrogens (tertiary/aromatic N) is 1. The third kappa shape index (κ3) is 63.6. The van der Waals surface area contributed by atoms with Gasteiger partial charge in [0.25, 0.3) is 7.82 Å². The molecule has 0 saturated carbocycles. The van der Waals surface area contributed by atoms with Crippen LogP contribution >= 0.6 is 7.82 Å². The molecule has 0 heterocycles. The lowest BCUT2D eigenvalue weighted by Gasteiger charge is -2.28. The van der Waals surface area contributed by atoms with Crippen molar-refractivity contribution in [2.75, 3.05) is 47.5 Å². The zero-order chi connectivity index (χ0) is 58.4. The van der Waals surface area contributed by atoms with Gasteiger partial charge in [-0.25, -0.2) is 0 Å². The summed E-state index contributed by atoms with van der Waals surface area (Å²) in [5.74, 6) is -0.843. The second kappa shape index (κ2) is 60.0. The molecule has 0 aliphatic rings. The maximum atomic E-state index is 12.8. The third-order valence-electron chi connectivity index (χ3n) is 13.5. The number of carbonyl (C=O) groups excluding carboxylic acids is 2. The van der Waals surface area contributed by atoms with Gasteiger partial charge in [0.1, 0.15) is 19.8 Å². The summed E-state index contributed by atoms with van der Waals surface area (Å²) < 4.78 is 34.2. The molecule has 0 radical (unpaired) electrons. The lowest BCUT2D eigenvalue weighted by molar-refractivity contribution is -0.870. The number of ether oxygens (including phenoxy) is 2. The van der Waals surface area contributed by atoms with Gasteiger partial charge in [-0.3, -0.25) is 14.2 Å². The van der Waals surface area contributed by atoms with Gasteiger partial charge in [0.05, 0.1) is 27.7 Å². The van der Waals surface area contributed by atoms with Crippen LogP contribution in [-0.4, -0.2) is 70.0 Å². The highest BCUT2D eigenvalue weighted by Crippen LogP contribution is 2.38. The van der Waals surface area contributed by atoms with E-state index in [1.165, 1.54) is 109 Å². The lowest BCUT2D eigenvalue weighted by Crippen LogP contribution is -2.37. The van der Waals surface area contributed by atoms with Crippen molar-refractivity contribution in [1.82, 2.24) is 0 Å². The first-order valence-electron chi connectivity index (χ1n) is 32.2. The largest absolute Gasteiger partial charge is 0.756 e. The highest BCUT2D eigenvalue weighted by atomic mass is 31.2. The minimum atomic E-state index is -4.64. The van der Waals surface area contributed by atoms with Crippen LogP contribution in [0.25, 0.3) is 0 Å². The zero-order valence-electron chi connectivity index (χ0n) is 52.0. The number of carbonyl (C=O) groups is 2. The smallest absolute Gasteiger partial charge is 0.306 e. The fourth-order valence-corrected chi connectivity index (χ4v) is 9.25. The maximum Gasteiger partial charge on any atom is 0.306 e. The van der Waals surface area contributed by atoms with Gasteiger partial charge < -0.3 is 27.9 Å². The first-order valence-corrected chi connectivity index (χ1v) is 33.7. The standard InChI is InChI=1S/C70H120NO8P/c1-6-8-10-12-14-16-18-20-22-24-25-26-27-28-29-30-31-32-33-34-35-36-37-38-39-40-41-42-43-44-45-47-49-51-53-55-57-59-61-63-70(73)79-68(67-78-80(74,75)77-65-64-71(3,4)5)66-76-69(72)62-60-58-56-54-52-50-48-46-23-21-19-17-15-13-11-9-7-2/h8,10,14,16,20-23,25-26,28-29,31-32,34-35,37-38,40-41,68H,6-7,9,11-13,15,17-19,24,27,30,33,36,39,42-67H2,1-5H3/b10-8-,16-14-,22-20-,23-21-,26-25-,29-28-,32-31-,35-34-,38-37-,41-40-. The minimum absolute atomic E-state index is 0.0365. The minimum Gasteiger partial charge on any atom is -0.756 e. The first-order chi connectivity index (χ1) is 39.0. The van der Waals surface area contributed by atoms with Crippen LogP contribution in [0, 0.1) is 0 Å². The molecule has 80 heavy (non-hydrogen) atoms. The van der Waals surface area contributed by atoms with Gasteiger partial charge in [0.2, 0.25) is 0 Å². The Morgan fingerprint density at radius 3 is 1.07 bits per heavy atom. The molecule has 0 aromatic carbocycles. The van der Waals surface area contributed by atoms with Gasteiger partial charge in [0, 0.05) is 12.8 Å². The highest BCUT2D eigenvalue weighted by Gasteiger charge is 2.22. The Labute approximate surface area is 492 Å². The van der Waals surface area contributed by atoms with Crippen LogP contribution in [0.5, 0.6) is 0 Å². The number of phosphoric acid groups is 1. The molecule has 2 atom stereocenters. The van der Waals surface area contributed by atoms with Crippen LogP contribution in [0.2, 0.25) is 0 Å². The molecular formula is C70H120NO8P. The van der Waals surface area contributed by atoms with Crippen molar-refractivity contribution in [2.45, 2.75) is 264 Å². The molecule has 0 aromatic rings. The number of unbranched alkanes of at least 4 members (excludes halogenated alkanes) is 24. The van der Waals surface area contributed by atoms with Gasteiger partial charge >= 0.3 is 11.9 Å². The van der Waals surface area contributed by atoms with E-state index in [2.05, 4.69) is 135 Å². The highest BCUT2D eigenvalue weighted by molar-refractivity contribution is 7.45. The summed E-state index contributed by atoms with van der Waals surface area (Å²) in [6.07, 6.45) is 85.4. The molecule has 0 aromatic heterocycles. The SMILES string of the molecule is CC/C=C\C/C=C\C/C=C\C/C=C\C/C=C\C/C=C\C/C=C\C/C=C\C/C=C\CCCCCCCCCCCCCC(=O)OC(COC(=O)CCCCCCCCC/C=C\CCCCCCCC)COP(=O)([O-])OCC[N+](C)(C)C. The number of likely N-dealkylation sites (N-methyl/N-ethyl adjacent to an activating group) is 1. The zero-order valence-corrected chi connectivity index (χ0v) is 52.9. The van der Waals surface area contributed by atoms with Crippen molar-refractivity contribution >= 4 is 19.8 Å². The Kier molecular flexibility index (Phi) is 57.3. The molecule has 0 N–H and O–H groups in total. The summed E-state index contributed by atoms with van der Waals surface area (Å²) in [5, 5.41) is 0. The molecule has 0 aliphatic carbocycles. The Balaban J connectivity index is 4.09. The van der Waals surface area contributed by atoms with Gasteiger partial charge in [-0.1, -0.05) is 257 Å². The molecular weight excluding hydrogens is 1010 g/mol. The summed E-state index contributed by atoms with van der Waals surface area (Å²) in [4.78, 5) is 37.9. The number of hydrogen-bond acceptors (Lipinski definition) is 8. The molecule has 0 fully saturated rings. The summed E-state index contributed by atoms with van der Waals surface area (Å²) >= 11 is 0. The van der Waals surface area contributed by atoms with Crippen LogP contribution < -0.4 is 4.89 Å². The van der Waals surface area contributed by atoms with Gasteiger partial charge in [0.15, 0.2) is 6.10 Å². The Hall–Kier alpha value is -3.59. The van der Waals surface area contributed by atoms with E-state index in [1.54, 1.807) is 0 Å². The van der Waals surface area contributed by atoms with E-state index in [0.717, 1.165) is 116 Å². The van der Waals surface area contributed by atoms with Crippen LogP contribution in [0.3, 0.4) is 0 Å². The topological polar surface area (TPSA) is 111 Å². The predicted octanol–water partition coefficient (Wildman–Crippen LogP) is 20.1. The average molecular weight is 1130 g/mol. The number of hydrogen-bond donors (Lipinski definition) is 0. The fraction of sp³-hybridized carbons (Fsp3) is 0.686. The van der Waals surface area contributed by atoms with Crippen molar-refractivity contribution in [3.05, 3.63) is 122 Å². The molecule has 0 rings (SSSR count).